The van der Waals surface area contributed by atoms with Crippen molar-refractivity contribution in [3.05, 3.63) is 71.1 Å². The monoisotopic (exact) mass is 812 g/mol. The second-order valence-electron chi connectivity index (χ2n) is 13.1. The molecule has 4 unspecified atom stereocenters. The Morgan fingerprint density at radius 2 is 1.70 bits per heavy atom. The van der Waals surface area contributed by atoms with Crippen LogP contribution in [0.15, 0.2) is 54.1 Å². The number of carbonyl (C=O) groups excluding carboxylic acids is 1. The second-order valence-corrected chi connectivity index (χ2v) is 15.8. The van der Waals surface area contributed by atoms with Crippen molar-refractivity contribution in [2.75, 3.05) is 25.2 Å². The minimum atomic E-state index is -3.89. The normalized spacial score (nSPS) is 26.0. The van der Waals surface area contributed by atoms with Crippen LogP contribution in [-0.4, -0.2) is 99.2 Å². The molecule has 56 heavy (non-hydrogen) atoms. The first-order valence-corrected chi connectivity index (χ1v) is 20.4. The highest BCUT2D eigenvalue weighted by atomic mass is 31.2. The topological polar surface area (TPSA) is 257 Å². The highest BCUT2D eigenvalue weighted by molar-refractivity contribution is 7.53. The average molecular weight is 813 g/mol. The van der Waals surface area contributed by atoms with Crippen LogP contribution in [0.1, 0.15) is 49.4 Å². The number of rotatable bonds is 12. The Morgan fingerprint density at radius 3 is 2.38 bits per heavy atom. The number of hydrogen-bond donors (Lipinski definition) is 4. The van der Waals surface area contributed by atoms with Crippen LogP contribution in [0.4, 0.5) is 5.82 Å². The fourth-order valence-electron chi connectivity index (χ4n) is 6.61. The van der Waals surface area contributed by atoms with E-state index in [1.54, 1.807) is 62.6 Å². The van der Waals surface area contributed by atoms with Gasteiger partial charge in [0.25, 0.3) is 11.5 Å². The Hall–Kier alpha value is -4.80. The number of aromatic amines is 1. The quantitative estimate of drug-likeness (QED) is 0.104. The minimum absolute atomic E-state index is 0.0428. The average Bonchev–Trinajstić information content (AvgIpc) is 3.92. The number of imidazole rings is 2. The first-order chi connectivity index (χ1) is 26.8. The molecule has 5 aromatic rings. The fraction of sp³-hybridized carbons (Fsp3) is 0.441. The third-order valence-corrected chi connectivity index (χ3v) is 10.9. The summed E-state index contributed by atoms with van der Waals surface area (Å²) in [6.07, 6.45) is 3.22. The van der Waals surface area contributed by atoms with Gasteiger partial charge in [0, 0.05) is 28.6 Å². The summed E-state index contributed by atoms with van der Waals surface area (Å²) in [5, 5.41) is 13.0. The summed E-state index contributed by atoms with van der Waals surface area (Å²) in [7, 11) is -6.94. The molecule has 0 aliphatic carbocycles. The number of amides is 1. The number of carbonyl (C=O) groups is 1. The zero-order chi connectivity index (χ0) is 40.3. The summed E-state index contributed by atoms with van der Waals surface area (Å²) in [6.45, 7) is 7.28. The Morgan fingerprint density at radius 1 is 1.04 bits per heavy atom. The molecule has 4 N–H and O–H groups in total. The summed E-state index contributed by atoms with van der Waals surface area (Å²) < 4.78 is 58.3. The summed E-state index contributed by atoms with van der Waals surface area (Å²) in [5.41, 5.74) is 0.844. The largest absolute Gasteiger partial charge is 0.695 e. The van der Waals surface area contributed by atoms with Gasteiger partial charge in [0.15, 0.2) is 40.5 Å². The molecule has 2 saturated heterocycles. The van der Waals surface area contributed by atoms with Gasteiger partial charge in [0.05, 0.1) is 32.0 Å². The van der Waals surface area contributed by atoms with E-state index in [4.69, 9.17) is 23.0 Å². The Bertz CT molecular complexity index is 2370. The number of hydrogen-bond acceptors (Lipinski definition) is 15. The van der Waals surface area contributed by atoms with Crippen LogP contribution < -0.4 is 10.9 Å². The smallest absolute Gasteiger partial charge is 0.394 e. The fourth-order valence-corrected chi connectivity index (χ4v) is 8.36. The first-order valence-electron chi connectivity index (χ1n) is 17.3. The third-order valence-electron chi connectivity index (χ3n) is 9.25. The Kier molecular flexibility index (Phi) is 12.5. The molecule has 7 rings (SSSR count). The molecule has 0 saturated carbocycles. The highest BCUT2D eigenvalue weighted by Crippen LogP contribution is 2.52. The van der Waals surface area contributed by atoms with Crippen molar-refractivity contribution < 1.29 is 47.0 Å². The number of aliphatic hydroxyl groups excluding tert-OH is 1. The number of H-pyrrole nitrogens is 1. The predicted octanol–water partition coefficient (Wildman–Crippen LogP) is 3.48. The molecule has 20 nitrogen and oxygen atoms in total. The van der Waals surface area contributed by atoms with E-state index >= 15 is 0 Å². The van der Waals surface area contributed by atoms with Crippen molar-refractivity contribution >= 4 is 49.9 Å². The standard InChI is InChI=1S/C31H35N9O11P2.C3H4/c1-15-20(49-31(24(15)50-52(44)45)40-14-35-22-27(40)36-17(3)37-29(22)43)11-47-53(4,46)51-23-16(2)30(48-19(23)10-41)39-13-34-21-25(32-12-33-26(21)39)38-28(42)18-8-6-5-7-9-18;1-3-2/h5-9,12-16,19-20,23-24,30-31,41H,10-11H2,1-4H3,(H2-,32,33,36,37,38,42,43,44,45);1H,2H3/p+1/t15?,16?,19-,20-,23-,24+,30-,31-,53?;/m1./s1. The molecule has 296 valence electrons. The van der Waals surface area contributed by atoms with Gasteiger partial charge in [-0.15, -0.1) is 21.8 Å². The van der Waals surface area contributed by atoms with Crippen molar-refractivity contribution in [1.82, 2.24) is 39.0 Å². The number of nitrogens with zero attached hydrogens (tertiary/aromatic N) is 7. The maximum Gasteiger partial charge on any atom is 0.695 e. The van der Waals surface area contributed by atoms with Gasteiger partial charge in [0.2, 0.25) is 0 Å². The molecule has 0 spiro atoms. The van der Waals surface area contributed by atoms with Crippen LogP contribution >= 0.6 is 15.9 Å². The van der Waals surface area contributed by atoms with Crippen molar-refractivity contribution in [2.45, 2.75) is 64.6 Å². The number of nitrogens with one attached hydrogen (secondary N) is 2. The zero-order valence-electron chi connectivity index (χ0n) is 30.8. The lowest BCUT2D eigenvalue weighted by Gasteiger charge is -2.26. The van der Waals surface area contributed by atoms with Crippen molar-refractivity contribution in [3.8, 4) is 12.3 Å². The van der Waals surface area contributed by atoms with Gasteiger partial charge >= 0.3 is 15.9 Å². The number of benzene rings is 1. The molecule has 10 atom stereocenters. The van der Waals surface area contributed by atoms with Gasteiger partial charge in [-0.2, -0.15) is 0 Å². The minimum Gasteiger partial charge on any atom is -0.394 e. The summed E-state index contributed by atoms with van der Waals surface area (Å²) in [5.74, 6) is 1.30. The molecule has 0 bridgehead atoms. The lowest BCUT2D eigenvalue weighted by molar-refractivity contribution is -0.0498. The Balaban J connectivity index is 0.00000172. The lowest BCUT2D eigenvalue weighted by atomic mass is 10.0. The molecule has 0 radical (unpaired) electrons. The van der Waals surface area contributed by atoms with E-state index in [0.717, 1.165) is 0 Å². The van der Waals surface area contributed by atoms with E-state index in [1.807, 2.05) is 0 Å². The zero-order valence-corrected chi connectivity index (χ0v) is 32.6. The first kappa shape index (κ1) is 40.9. The molecule has 1 aromatic carbocycles. The van der Waals surface area contributed by atoms with Crippen molar-refractivity contribution in [2.24, 2.45) is 11.8 Å². The van der Waals surface area contributed by atoms with E-state index in [2.05, 4.69) is 47.6 Å². The Labute approximate surface area is 320 Å². The van der Waals surface area contributed by atoms with E-state index < -0.39 is 76.7 Å². The highest BCUT2D eigenvalue weighted by Gasteiger charge is 2.51. The number of terminal acetylenes is 1. The van der Waals surface area contributed by atoms with Crippen LogP contribution in [-0.2, 0) is 32.2 Å². The van der Waals surface area contributed by atoms with Gasteiger partial charge in [-0.25, -0.2) is 24.9 Å². The number of ether oxygens (including phenoxy) is 2. The van der Waals surface area contributed by atoms with Crippen molar-refractivity contribution in [1.29, 1.82) is 0 Å². The summed E-state index contributed by atoms with van der Waals surface area (Å²) in [6, 6.07) is 8.63. The van der Waals surface area contributed by atoms with Crippen LogP contribution in [0.25, 0.3) is 22.3 Å². The van der Waals surface area contributed by atoms with Crippen molar-refractivity contribution in [3.63, 3.8) is 0 Å². The number of aromatic nitrogens is 8. The number of fused-ring (bicyclic) bond motifs is 2. The number of aryl methyl sites for hydroxylation is 1. The molecule has 2 aliphatic heterocycles. The van der Waals surface area contributed by atoms with Gasteiger partial charge in [-0.1, -0.05) is 32.0 Å². The van der Waals surface area contributed by atoms with Gasteiger partial charge < -0.3 is 33.9 Å². The lowest BCUT2D eigenvalue weighted by Crippen LogP contribution is -2.31. The summed E-state index contributed by atoms with van der Waals surface area (Å²) >= 11 is 0. The molecular formula is C34H40N9O11P2+. The second kappa shape index (κ2) is 17.1. The van der Waals surface area contributed by atoms with E-state index in [0.29, 0.717) is 22.6 Å². The number of anilines is 1. The maximum atomic E-state index is 13.8. The van der Waals surface area contributed by atoms with Crippen LogP contribution in [0, 0.1) is 31.1 Å². The van der Waals surface area contributed by atoms with E-state index in [9.17, 15) is 28.7 Å². The third kappa shape index (κ3) is 8.47. The van der Waals surface area contributed by atoms with Gasteiger partial charge in [-0.05, 0) is 26.0 Å². The molecule has 6 heterocycles. The molecule has 2 aliphatic rings. The molecule has 1 amide bonds. The molecular weight excluding hydrogens is 772 g/mol. The molecule has 4 aromatic heterocycles. The predicted molar refractivity (Wildman–Crippen MR) is 199 cm³/mol. The molecule has 2 fully saturated rings. The van der Waals surface area contributed by atoms with Crippen LogP contribution in [0.3, 0.4) is 0 Å². The van der Waals surface area contributed by atoms with Crippen LogP contribution in [0.2, 0.25) is 0 Å². The number of aliphatic hydroxyl groups is 1. The summed E-state index contributed by atoms with van der Waals surface area (Å²) in [4.78, 5) is 58.9. The van der Waals surface area contributed by atoms with E-state index in [1.165, 1.54) is 30.2 Å². The van der Waals surface area contributed by atoms with E-state index in [-0.39, 0.29) is 29.5 Å². The maximum absolute atomic E-state index is 13.8. The SMILES string of the molecule is C#CC.Cc1nc2c(ncn2[C@@H]2O[C@H](COP(C)(=O)O[C@@H]3C(C)[C@H](n4cnc5c(NC(=O)c6ccccc6)ncnc54)O[C@@H]3CO)C(C)[C@@H]2O[P+](=O)O)c(=O)[nH]1. The molecule has 22 heteroatoms. The van der Waals surface area contributed by atoms with Gasteiger partial charge in [-0.3, -0.25) is 23.3 Å². The van der Waals surface area contributed by atoms with Crippen LogP contribution in [0.5, 0.6) is 0 Å². The van der Waals surface area contributed by atoms with Gasteiger partial charge in [0.1, 0.15) is 30.6 Å².